The zero-order valence-electron chi connectivity index (χ0n) is 15.4. The average molecular weight is 435 g/mol. The van der Waals surface area contributed by atoms with Crippen molar-refractivity contribution >= 4 is 49.9 Å². The zero-order chi connectivity index (χ0) is 20.6. The van der Waals surface area contributed by atoms with Crippen molar-refractivity contribution in [2.45, 2.75) is 24.5 Å². The highest BCUT2D eigenvalue weighted by molar-refractivity contribution is 7.99. The van der Waals surface area contributed by atoms with Gasteiger partial charge in [0.25, 0.3) is 5.22 Å². The molecule has 0 saturated carbocycles. The lowest BCUT2D eigenvalue weighted by Crippen LogP contribution is -2.15. The van der Waals surface area contributed by atoms with Gasteiger partial charge in [-0.2, -0.15) is 0 Å². The maximum absolute atomic E-state index is 12.4. The molecule has 0 bridgehead atoms. The van der Waals surface area contributed by atoms with Gasteiger partial charge in [-0.3, -0.25) is 9.59 Å². The topological polar surface area (TPSA) is 132 Å². The monoisotopic (exact) mass is 435 g/mol. The number of benzene rings is 1. The molecule has 3 heterocycles. The number of sulfone groups is 1. The van der Waals surface area contributed by atoms with Crippen molar-refractivity contribution in [3.05, 3.63) is 35.9 Å². The van der Waals surface area contributed by atoms with Crippen molar-refractivity contribution in [1.29, 1.82) is 0 Å². The van der Waals surface area contributed by atoms with E-state index in [2.05, 4.69) is 15.5 Å². The van der Waals surface area contributed by atoms with Crippen LogP contribution in [0.1, 0.15) is 35.7 Å². The van der Waals surface area contributed by atoms with Crippen LogP contribution >= 0.6 is 11.8 Å². The largest absolute Gasteiger partial charge is 0.451 e. The molecule has 2 aromatic heterocycles. The maximum atomic E-state index is 12.4. The van der Waals surface area contributed by atoms with Crippen molar-refractivity contribution in [3.63, 3.8) is 0 Å². The smallest absolute Gasteiger partial charge is 0.277 e. The molecule has 9 nitrogen and oxygen atoms in total. The van der Waals surface area contributed by atoms with Crippen LogP contribution in [0.2, 0.25) is 0 Å². The third-order valence-corrected chi connectivity index (χ3v) is 7.10. The standard InChI is InChI=1S/C18H17N3O6S2/c1-10(22)16-15(12-4-2-3-5-13(12)26-16)19-14(23)8-28-18-21-20-17(27-18)11-6-7-29(24,25)9-11/h2-5,11H,6-9H2,1H3,(H,19,23). The number of carbonyl (C=O) groups excluding carboxylic acids is 2. The number of ketones is 1. The molecule has 1 aliphatic rings. The van der Waals surface area contributed by atoms with Crippen LogP contribution in [0.15, 0.2) is 38.3 Å². The minimum absolute atomic E-state index is 0.00116. The van der Waals surface area contributed by atoms with Crippen LogP contribution in [0, 0.1) is 0 Å². The Balaban J connectivity index is 1.42. The average Bonchev–Trinajstić information content (AvgIpc) is 3.37. The molecular formula is C18H17N3O6S2. The Bertz CT molecular complexity index is 1200. The molecule has 1 unspecified atom stereocenters. The fraction of sp³-hybridized carbons (Fsp3) is 0.333. The SMILES string of the molecule is CC(=O)c1oc2ccccc2c1NC(=O)CSc1nnc(C2CCS(=O)(=O)C2)o1. The molecule has 0 spiro atoms. The van der Waals surface area contributed by atoms with E-state index in [0.29, 0.717) is 23.1 Å². The number of rotatable bonds is 6. The number of anilines is 1. The number of nitrogens with one attached hydrogen (secondary N) is 1. The van der Waals surface area contributed by atoms with Crippen LogP contribution in [0.4, 0.5) is 5.69 Å². The van der Waals surface area contributed by atoms with Crippen molar-refractivity contribution in [3.8, 4) is 0 Å². The normalized spacial score (nSPS) is 18.2. The summed E-state index contributed by atoms with van der Waals surface area (Å²) in [5, 5.41) is 11.3. The Morgan fingerprint density at radius 1 is 1.24 bits per heavy atom. The van der Waals surface area contributed by atoms with Crippen LogP contribution in [0.5, 0.6) is 0 Å². The lowest BCUT2D eigenvalue weighted by atomic mass is 10.1. The summed E-state index contributed by atoms with van der Waals surface area (Å²) >= 11 is 1.03. The first-order chi connectivity index (χ1) is 13.8. The highest BCUT2D eigenvalue weighted by Crippen LogP contribution is 2.32. The summed E-state index contributed by atoms with van der Waals surface area (Å²) in [5.41, 5.74) is 0.842. The molecule has 1 amide bonds. The molecular weight excluding hydrogens is 418 g/mol. The molecule has 1 saturated heterocycles. The summed E-state index contributed by atoms with van der Waals surface area (Å²) in [7, 11) is -3.05. The Labute approximate surface area is 170 Å². The Morgan fingerprint density at radius 2 is 2.03 bits per heavy atom. The number of fused-ring (bicyclic) bond motifs is 1. The van der Waals surface area contributed by atoms with Crippen molar-refractivity contribution in [2.24, 2.45) is 0 Å². The first kappa shape index (κ1) is 19.6. The minimum Gasteiger partial charge on any atom is -0.451 e. The van der Waals surface area contributed by atoms with Gasteiger partial charge in [-0.05, 0) is 18.6 Å². The molecule has 1 N–H and O–H groups in total. The molecule has 11 heteroatoms. The molecule has 3 aromatic rings. The maximum Gasteiger partial charge on any atom is 0.277 e. The summed E-state index contributed by atoms with van der Waals surface area (Å²) in [6.07, 6.45) is 0.455. The van der Waals surface area contributed by atoms with Gasteiger partial charge in [0.05, 0.1) is 28.9 Å². The van der Waals surface area contributed by atoms with Gasteiger partial charge < -0.3 is 14.2 Å². The second kappa shape index (κ2) is 7.64. The van der Waals surface area contributed by atoms with E-state index in [1.54, 1.807) is 24.3 Å². The van der Waals surface area contributed by atoms with Crippen LogP contribution in [-0.2, 0) is 14.6 Å². The number of amides is 1. The van der Waals surface area contributed by atoms with E-state index in [1.807, 2.05) is 0 Å². The van der Waals surface area contributed by atoms with Crippen molar-refractivity contribution < 1.29 is 26.8 Å². The fourth-order valence-corrected chi connectivity index (χ4v) is 5.46. The molecule has 1 fully saturated rings. The zero-order valence-corrected chi connectivity index (χ0v) is 17.0. The van der Waals surface area contributed by atoms with E-state index in [0.717, 1.165) is 11.8 Å². The highest BCUT2D eigenvalue weighted by Gasteiger charge is 2.32. The quantitative estimate of drug-likeness (QED) is 0.458. The number of aromatic nitrogens is 2. The molecule has 0 aliphatic carbocycles. The number of thioether (sulfide) groups is 1. The van der Waals surface area contributed by atoms with Gasteiger partial charge in [0.2, 0.25) is 11.8 Å². The summed E-state index contributed by atoms with van der Waals surface area (Å²) in [6, 6.07) is 7.04. The molecule has 1 aliphatic heterocycles. The lowest BCUT2D eigenvalue weighted by molar-refractivity contribution is -0.113. The van der Waals surface area contributed by atoms with Gasteiger partial charge in [0.1, 0.15) is 5.58 Å². The predicted octanol–water partition coefficient (Wildman–Crippen LogP) is 2.65. The third kappa shape index (κ3) is 4.20. The second-order valence-corrected chi connectivity index (χ2v) is 9.86. The van der Waals surface area contributed by atoms with E-state index < -0.39 is 9.84 Å². The van der Waals surface area contributed by atoms with E-state index in [-0.39, 0.29) is 51.7 Å². The molecule has 152 valence electrons. The minimum atomic E-state index is -3.05. The number of Topliss-reactive ketones (excluding diaryl/α,β-unsaturated/α-hetero) is 1. The van der Waals surface area contributed by atoms with Gasteiger partial charge in [0, 0.05) is 12.3 Å². The van der Waals surface area contributed by atoms with E-state index in [9.17, 15) is 18.0 Å². The van der Waals surface area contributed by atoms with Gasteiger partial charge in [-0.25, -0.2) is 8.42 Å². The molecule has 1 aromatic carbocycles. The Morgan fingerprint density at radius 3 is 2.76 bits per heavy atom. The summed E-state index contributed by atoms with van der Waals surface area (Å²) in [5.74, 6) is -0.513. The number of hydrogen-bond acceptors (Lipinski definition) is 9. The van der Waals surface area contributed by atoms with E-state index in [1.165, 1.54) is 6.92 Å². The Hall–Kier alpha value is -2.66. The highest BCUT2D eigenvalue weighted by atomic mass is 32.2. The summed E-state index contributed by atoms with van der Waals surface area (Å²) < 4.78 is 34.2. The predicted molar refractivity (Wildman–Crippen MR) is 106 cm³/mol. The van der Waals surface area contributed by atoms with Crippen LogP contribution in [-0.4, -0.2) is 47.6 Å². The van der Waals surface area contributed by atoms with Crippen LogP contribution in [0.25, 0.3) is 11.0 Å². The summed E-state index contributed by atoms with van der Waals surface area (Å²) in [6.45, 7) is 1.37. The van der Waals surface area contributed by atoms with Gasteiger partial charge in [0.15, 0.2) is 21.4 Å². The van der Waals surface area contributed by atoms with E-state index >= 15 is 0 Å². The number of furan rings is 1. The number of hydrogen-bond donors (Lipinski definition) is 1. The number of nitrogens with zero attached hydrogens (tertiary/aromatic N) is 2. The number of carbonyl (C=O) groups is 2. The van der Waals surface area contributed by atoms with Gasteiger partial charge in [-0.1, -0.05) is 23.9 Å². The molecule has 4 rings (SSSR count). The second-order valence-electron chi connectivity index (χ2n) is 6.70. The van der Waals surface area contributed by atoms with Crippen LogP contribution in [0.3, 0.4) is 0 Å². The van der Waals surface area contributed by atoms with E-state index in [4.69, 9.17) is 8.83 Å². The van der Waals surface area contributed by atoms with Gasteiger partial charge in [-0.15, -0.1) is 10.2 Å². The van der Waals surface area contributed by atoms with Crippen molar-refractivity contribution in [1.82, 2.24) is 10.2 Å². The summed E-state index contributed by atoms with van der Waals surface area (Å²) in [4.78, 5) is 24.2. The number of para-hydroxylation sites is 1. The van der Waals surface area contributed by atoms with Gasteiger partial charge >= 0.3 is 0 Å². The lowest BCUT2D eigenvalue weighted by Gasteiger charge is -2.04. The molecule has 29 heavy (non-hydrogen) atoms. The Kier molecular flexibility index (Phi) is 5.17. The van der Waals surface area contributed by atoms with Crippen LogP contribution < -0.4 is 5.32 Å². The van der Waals surface area contributed by atoms with Crippen molar-refractivity contribution in [2.75, 3.05) is 22.6 Å². The fourth-order valence-electron chi connectivity index (χ4n) is 3.15. The first-order valence-electron chi connectivity index (χ1n) is 8.81. The molecule has 0 radical (unpaired) electrons. The third-order valence-electron chi connectivity index (χ3n) is 4.51. The first-order valence-corrected chi connectivity index (χ1v) is 11.6. The molecule has 1 atom stereocenters.